The summed E-state index contributed by atoms with van der Waals surface area (Å²) in [6, 6.07) is 27.4. The number of aromatic nitrogens is 1. The minimum Gasteiger partial charge on any atom is -0.493 e. The molecule has 5 nitrogen and oxygen atoms in total. The minimum atomic E-state index is -0.218. The van der Waals surface area contributed by atoms with Crippen molar-refractivity contribution in [2.75, 3.05) is 6.61 Å². The number of carbonyl (C=O) groups excluding carboxylic acids is 1. The van der Waals surface area contributed by atoms with Gasteiger partial charge < -0.3 is 13.9 Å². The Bertz CT molecular complexity index is 1180. The molecule has 0 N–H and O–H groups in total. The molecule has 1 heterocycles. The lowest BCUT2D eigenvalue weighted by Gasteiger charge is -2.12. The van der Waals surface area contributed by atoms with Crippen molar-refractivity contribution in [2.45, 2.75) is 33.3 Å². The molecule has 1 unspecified atom stereocenters. The molecule has 0 fully saturated rings. The van der Waals surface area contributed by atoms with Gasteiger partial charge >= 0.3 is 5.97 Å². The lowest BCUT2D eigenvalue weighted by atomic mass is 10.0. The Hall–Kier alpha value is -3.86. The van der Waals surface area contributed by atoms with Crippen LogP contribution in [0.4, 0.5) is 0 Å². The first-order valence-electron chi connectivity index (χ1n) is 11.5. The predicted octanol–water partition coefficient (Wildman–Crippen LogP) is 6.19. The van der Waals surface area contributed by atoms with Gasteiger partial charge in [0.25, 0.3) is 0 Å². The summed E-state index contributed by atoms with van der Waals surface area (Å²) in [4.78, 5) is 16.9. The van der Waals surface area contributed by atoms with E-state index in [2.05, 4.69) is 4.98 Å². The molecular formula is C29H29NO4. The molecule has 1 atom stereocenters. The average Bonchev–Trinajstić information content (AvgIpc) is 3.25. The fourth-order valence-electron chi connectivity index (χ4n) is 3.66. The van der Waals surface area contributed by atoms with E-state index in [1.165, 1.54) is 0 Å². The van der Waals surface area contributed by atoms with Gasteiger partial charge in [0.1, 0.15) is 18.1 Å². The van der Waals surface area contributed by atoms with Crippen LogP contribution in [-0.2, 0) is 29.0 Å². The Morgan fingerprint density at radius 3 is 2.29 bits per heavy atom. The summed E-state index contributed by atoms with van der Waals surface area (Å²) in [5, 5.41) is 0. The van der Waals surface area contributed by atoms with Gasteiger partial charge in [0.15, 0.2) is 0 Å². The molecule has 34 heavy (non-hydrogen) atoms. The Morgan fingerprint density at radius 2 is 1.59 bits per heavy atom. The highest BCUT2D eigenvalue weighted by Gasteiger charge is 2.15. The zero-order valence-corrected chi connectivity index (χ0v) is 19.6. The third-order valence-corrected chi connectivity index (χ3v) is 5.61. The maximum atomic E-state index is 12.3. The van der Waals surface area contributed by atoms with E-state index in [4.69, 9.17) is 13.9 Å². The second-order valence-electron chi connectivity index (χ2n) is 8.33. The van der Waals surface area contributed by atoms with Gasteiger partial charge in [-0.2, -0.15) is 0 Å². The standard InChI is InChI=1S/C29H29NO4/c1-21(29(31)33-20-24-9-5-3-6-10-24)19-23-13-15-26(16-14-23)32-18-17-27-22(2)34-28(30-27)25-11-7-4-8-12-25/h3-16,21H,17-20H2,1-2H3. The molecule has 1 aromatic heterocycles. The number of hydrogen-bond acceptors (Lipinski definition) is 5. The van der Waals surface area contributed by atoms with Crippen LogP contribution in [0.1, 0.15) is 29.5 Å². The van der Waals surface area contributed by atoms with E-state index in [0.29, 0.717) is 31.9 Å². The van der Waals surface area contributed by atoms with Crippen LogP contribution in [0.5, 0.6) is 5.75 Å². The zero-order valence-electron chi connectivity index (χ0n) is 19.6. The summed E-state index contributed by atoms with van der Waals surface area (Å²) < 4.78 is 17.2. The molecule has 0 spiro atoms. The zero-order chi connectivity index (χ0) is 23.8. The van der Waals surface area contributed by atoms with Gasteiger partial charge in [-0.05, 0) is 48.7 Å². The molecule has 0 saturated heterocycles. The fourth-order valence-corrected chi connectivity index (χ4v) is 3.66. The molecule has 4 rings (SSSR count). The number of esters is 1. The van der Waals surface area contributed by atoms with Crippen LogP contribution in [0.25, 0.3) is 11.5 Å². The van der Waals surface area contributed by atoms with Crippen LogP contribution < -0.4 is 4.74 Å². The number of nitrogens with zero attached hydrogens (tertiary/aromatic N) is 1. The normalized spacial score (nSPS) is 11.7. The minimum absolute atomic E-state index is 0.193. The molecule has 0 bridgehead atoms. The molecule has 5 heteroatoms. The Labute approximate surface area is 200 Å². The molecule has 0 aliphatic rings. The number of benzene rings is 3. The number of oxazole rings is 1. The van der Waals surface area contributed by atoms with Crippen molar-refractivity contribution in [1.82, 2.24) is 4.98 Å². The van der Waals surface area contributed by atoms with Crippen LogP contribution in [0.15, 0.2) is 89.3 Å². The Kier molecular flexibility index (Phi) is 7.76. The molecule has 0 amide bonds. The second kappa shape index (κ2) is 11.3. The van der Waals surface area contributed by atoms with Gasteiger partial charge in [0.2, 0.25) is 5.89 Å². The lowest BCUT2D eigenvalue weighted by Crippen LogP contribution is -2.17. The molecule has 174 valence electrons. The topological polar surface area (TPSA) is 61.6 Å². The summed E-state index contributed by atoms with van der Waals surface area (Å²) in [6.45, 7) is 4.62. The monoisotopic (exact) mass is 455 g/mol. The highest BCUT2D eigenvalue weighted by Crippen LogP contribution is 2.22. The number of hydrogen-bond donors (Lipinski definition) is 0. The smallest absolute Gasteiger partial charge is 0.309 e. The van der Waals surface area contributed by atoms with E-state index in [1.807, 2.05) is 98.8 Å². The quantitative estimate of drug-likeness (QED) is 0.267. The first kappa shape index (κ1) is 23.3. The van der Waals surface area contributed by atoms with Crippen LogP contribution in [0.3, 0.4) is 0 Å². The predicted molar refractivity (Wildman–Crippen MR) is 131 cm³/mol. The van der Waals surface area contributed by atoms with Crippen molar-refractivity contribution in [3.8, 4) is 17.2 Å². The van der Waals surface area contributed by atoms with Crippen LogP contribution >= 0.6 is 0 Å². The third-order valence-electron chi connectivity index (χ3n) is 5.61. The van der Waals surface area contributed by atoms with E-state index in [9.17, 15) is 4.79 Å². The maximum Gasteiger partial charge on any atom is 0.309 e. The highest BCUT2D eigenvalue weighted by molar-refractivity contribution is 5.72. The maximum absolute atomic E-state index is 12.3. The molecule has 4 aromatic rings. The summed E-state index contributed by atoms with van der Waals surface area (Å²) in [6.07, 6.45) is 1.28. The van der Waals surface area contributed by atoms with Gasteiger partial charge in [-0.15, -0.1) is 0 Å². The van der Waals surface area contributed by atoms with Crippen LogP contribution in [0.2, 0.25) is 0 Å². The van der Waals surface area contributed by atoms with Crippen molar-refractivity contribution < 1.29 is 18.7 Å². The molecule has 0 aliphatic carbocycles. The van der Waals surface area contributed by atoms with E-state index in [0.717, 1.165) is 33.9 Å². The first-order valence-corrected chi connectivity index (χ1v) is 11.5. The number of ether oxygens (including phenoxy) is 2. The molecular weight excluding hydrogens is 426 g/mol. The summed E-state index contributed by atoms with van der Waals surface area (Å²) in [5.74, 6) is 1.82. The molecule has 0 saturated carbocycles. The lowest BCUT2D eigenvalue weighted by molar-refractivity contribution is -0.149. The van der Waals surface area contributed by atoms with Crippen LogP contribution in [-0.4, -0.2) is 17.6 Å². The number of rotatable bonds is 10. The summed E-state index contributed by atoms with van der Waals surface area (Å²) in [7, 11) is 0. The van der Waals surface area contributed by atoms with Crippen molar-refractivity contribution >= 4 is 5.97 Å². The third kappa shape index (κ3) is 6.35. The Morgan fingerprint density at radius 1 is 0.912 bits per heavy atom. The average molecular weight is 456 g/mol. The van der Waals surface area contributed by atoms with Gasteiger partial charge in [-0.1, -0.05) is 67.6 Å². The number of carbonyl (C=O) groups is 1. The van der Waals surface area contributed by atoms with E-state index in [1.54, 1.807) is 0 Å². The molecule has 0 aliphatic heterocycles. The van der Waals surface area contributed by atoms with Crippen molar-refractivity contribution in [3.63, 3.8) is 0 Å². The fraction of sp³-hybridized carbons (Fsp3) is 0.241. The van der Waals surface area contributed by atoms with Crippen molar-refractivity contribution in [2.24, 2.45) is 5.92 Å². The van der Waals surface area contributed by atoms with E-state index >= 15 is 0 Å². The Balaban J connectivity index is 1.23. The first-order chi connectivity index (χ1) is 16.6. The SMILES string of the molecule is Cc1oc(-c2ccccc2)nc1CCOc1ccc(CC(C)C(=O)OCc2ccccc2)cc1. The summed E-state index contributed by atoms with van der Waals surface area (Å²) in [5.41, 5.74) is 3.92. The van der Waals surface area contributed by atoms with Crippen LogP contribution in [0, 0.1) is 12.8 Å². The van der Waals surface area contributed by atoms with Gasteiger partial charge in [-0.3, -0.25) is 4.79 Å². The van der Waals surface area contributed by atoms with Crippen molar-refractivity contribution in [1.29, 1.82) is 0 Å². The molecule has 0 radical (unpaired) electrons. The highest BCUT2D eigenvalue weighted by atomic mass is 16.5. The molecule has 3 aromatic carbocycles. The summed E-state index contributed by atoms with van der Waals surface area (Å²) >= 11 is 0. The second-order valence-corrected chi connectivity index (χ2v) is 8.33. The van der Waals surface area contributed by atoms with Crippen molar-refractivity contribution in [3.05, 3.63) is 108 Å². The number of aryl methyl sites for hydroxylation is 1. The van der Waals surface area contributed by atoms with Gasteiger partial charge in [0.05, 0.1) is 18.2 Å². The van der Waals surface area contributed by atoms with Gasteiger partial charge in [-0.25, -0.2) is 4.98 Å². The van der Waals surface area contributed by atoms with Gasteiger partial charge in [0, 0.05) is 12.0 Å². The van der Waals surface area contributed by atoms with E-state index in [-0.39, 0.29) is 11.9 Å². The van der Waals surface area contributed by atoms with E-state index < -0.39 is 0 Å². The largest absolute Gasteiger partial charge is 0.493 e.